The van der Waals surface area contributed by atoms with Crippen molar-refractivity contribution in [2.24, 2.45) is 5.41 Å². The van der Waals surface area contributed by atoms with Crippen LogP contribution in [0, 0.1) is 5.41 Å². The zero-order valence-corrected chi connectivity index (χ0v) is 13.2. The van der Waals surface area contributed by atoms with Crippen molar-refractivity contribution in [2.45, 2.75) is 77.0 Å². The van der Waals surface area contributed by atoms with Crippen molar-refractivity contribution in [3.63, 3.8) is 0 Å². The molecule has 2 unspecified atom stereocenters. The first kappa shape index (κ1) is 15.3. The van der Waals surface area contributed by atoms with Crippen molar-refractivity contribution in [1.29, 1.82) is 0 Å². The number of hydrogen-bond donors (Lipinski definition) is 2. The lowest BCUT2D eigenvalue weighted by Crippen LogP contribution is -2.51. The number of hydrogen-bond acceptors (Lipinski definition) is 3. The SMILES string of the molecule is CC1CC(NCC2(O)CCC(C)(C)CC2)CCN1C. The minimum atomic E-state index is -0.456. The Labute approximate surface area is 118 Å². The number of rotatable bonds is 3. The molecule has 1 saturated carbocycles. The average Bonchev–Trinajstić information content (AvgIpc) is 2.36. The number of nitrogens with zero attached hydrogens (tertiary/aromatic N) is 1. The van der Waals surface area contributed by atoms with Crippen molar-refractivity contribution in [2.75, 3.05) is 20.1 Å². The summed E-state index contributed by atoms with van der Waals surface area (Å²) < 4.78 is 0. The van der Waals surface area contributed by atoms with Gasteiger partial charge in [-0.1, -0.05) is 13.8 Å². The maximum atomic E-state index is 10.7. The van der Waals surface area contributed by atoms with Gasteiger partial charge in [-0.3, -0.25) is 0 Å². The van der Waals surface area contributed by atoms with Crippen molar-refractivity contribution >= 4 is 0 Å². The zero-order chi connectivity index (χ0) is 14.1. The third-order valence-corrected chi connectivity index (χ3v) is 5.46. The van der Waals surface area contributed by atoms with Gasteiger partial charge in [0, 0.05) is 18.6 Å². The van der Waals surface area contributed by atoms with Crippen molar-refractivity contribution in [1.82, 2.24) is 10.2 Å². The molecule has 2 fully saturated rings. The first-order chi connectivity index (χ1) is 8.80. The van der Waals surface area contributed by atoms with Crippen LogP contribution >= 0.6 is 0 Å². The Balaban J connectivity index is 1.76. The summed E-state index contributed by atoms with van der Waals surface area (Å²) in [4.78, 5) is 2.43. The standard InChI is InChI=1S/C16H32N2O/c1-13-11-14(5-10-18(13)4)17-12-16(19)8-6-15(2,3)7-9-16/h13-14,17,19H,5-12H2,1-4H3. The topological polar surface area (TPSA) is 35.5 Å². The molecule has 1 aliphatic heterocycles. The number of aliphatic hydroxyl groups is 1. The molecule has 2 N–H and O–H groups in total. The molecule has 0 amide bonds. The molecule has 1 saturated heterocycles. The molecule has 2 aliphatic rings. The zero-order valence-electron chi connectivity index (χ0n) is 13.2. The van der Waals surface area contributed by atoms with E-state index in [2.05, 4.69) is 38.0 Å². The molecule has 19 heavy (non-hydrogen) atoms. The first-order valence-corrected chi connectivity index (χ1v) is 7.96. The summed E-state index contributed by atoms with van der Waals surface area (Å²) in [6, 6.07) is 1.25. The quantitative estimate of drug-likeness (QED) is 0.825. The van der Waals surface area contributed by atoms with E-state index in [1.165, 1.54) is 19.4 Å². The van der Waals surface area contributed by atoms with Gasteiger partial charge in [0.15, 0.2) is 0 Å². The molecule has 2 rings (SSSR count). The minimum Gasteiger partial charge on any atom is -0.389 e. The summed E-state index contributed by atoms with van der Waals surface area (Å²) in [5.74, 6) is 0. The van der Waals surface area contributed by atoms with Gasteiger partial charge in [-0.25, -0.2) is 0 Å². The van der Waals surface area contributed by atoms with Crippen molar-refractivity contribution < 1.29 is 5.11 Å². The lowest BCUT2D eigenvalue weighted by Gasteiger charge is -2.42. The van der Waals surface area contributed by atoms with Gasteiger partial charge in [0.1, 0.15) is 0 Å². The molecular formula is C16H32N2O. The van der Waals surface area contributed by atoms with Crippen molar-refractivity contribution in [3.05, 3.63) is 0 Å². The largest absolute Gasteiger partial charge is 0.389 e. The van der Waals surface area contributed by atoms with Gasteiger partial charge < -0.3 is 15.3 Å². The molecule has 1 aliphatic carbocycles. The fourth-order valence-electron chi connectivity index (χ4n) is 3.38. The minimum absolute atomic E-state index is 0.425. The molecule has 2 atom stereocenters. The van der Waals surface area contributed by atoms with Crippen LogP contribution in [-0.2, 0) is 0 Å². The Hall–Kier alpha value is -0.120. The molecule has 0 aromatic heterocycles. The highest BCUT2D eigenvalue weighted by Gasteiger charge is 2.37. The van der Waals surface area contributed by atoms with Crippen LogP contribution in [0.3, 0.4) is 0 Å². The molecule has 0 aromatic rings. The Morgan fingerprint density at radius 1 is 1.21 bits per heavy atom. The Kier molecular flexibility index (Phi) is 4.59. The predicted octanol–water partition coefficient (Wildman–Crippen LogP) is 2.39. The van der Waals surface area contributed by atoms with Crippen LogP contribution in [0.4, 0.5) is 0 Å². The van der Waals surface area contributed by atoms with Crippen LogP contribution in [0.15, 0.2) is 0 Å². The van der Waals surface area contributed by atoms with Gasteiger partial charge in [0.25, 0.3) is 0 Å². The van der Waals surface area contributed by atoms with Crippen LogP contribution in [0.5, 0.6) is 0 Å². The van der Waals surface area contributed by atoms with Crippen LogP contribution in [0.2, 0.25) is 0 Å². The summed E-state index contributed by atoms with van der Waals surface area (Å²) in [6.07, 6.45) is 6.62. The van der Waals surface area contributed by atoms with E-state index in [-0.39, 0.29) is 0 Å². The third-order valence-electron chi connectivity index (χ3n) is 5.46. The summed E-state index contributed by atoms with van der Waals surface area (Å²) >= 11 is 0. The first-order valence-electron chi connectivity index (χ1n) is 7.96. The molecule has 0 spiro atoms. The maximum Gasteiger partial charge on any atom is 0.0772 e. The Morgan fingerprint density at radius 3 is 2.42 bits per heavy atom. The molecule has 1 heterocycles. The average molecular weight is 268 g/mol. The van der Waals surface area contributed by atoms with E-state index in [0.717, 1.165) is 32.2 Å². The van der Waals surface area contributed by atoms with Crippen LogP contribution in [0.25, 0.3) is 0 Å². The highest BCUT2D eigenvalue weighted by Crippen LogP contribution is 2.39. The van der Waals surface area contributed by atoms with Gasteiger partial charge in [-0.2, -0.15) is 0 Å². The normalized spacial score (nSPS) is 35.2. The van der Waals surface area contributed by atoms with Gasteiger partial charge >= 0.3 is 0 Å². The number of piperidine rings is 1. The van der Waals surface area contributed by atoms with Gasteiger partial charge in [0.05, 0.1) is 5.60 Å². The van der Waals surface area contributed by atoms with Gasteiger partial charge in [-0.15, -0.1) is 0 Å². The monoisotopic (exact) mass is 268 g/mol. The van der Waals surface area contributed by atoms with E-state index in [1.54, 1.807) is 0 Å². The third kappa shape index (κ3) is 4.17. The second-order valence-electron chi connectivity index (χ2n) is 7.82. The molecule has 3 heteroatoms. The summed E-state index contributed by atoms with van der Waals surface area (Å²) in [7, 11) is 2.21. The molecule has 0 bridgehead atoms. The molecular weight excluding hydrogens is 236 g/mol. The molecule has 3 nitrogen and oxygen atoms in total. The van der Waals surface area contributed by atoms with E-state index < -0.39 is 5.60 Å². The van der Waals surface area contributed by atoms with Crippen molar-refractivity contribution in [3.8, 4) is 0 Å². The Morgan fingerprint density at radius 2 is 1.84 bits per heavy atom. The smallest absolute Gasteiger partial charge is 0.0772 e. The summed E-state index contributed by atoms with van der Waals surface area (Å²) in [5, 5.41) is 14.3. The highest BCUT2D eigenvalue weighted by molar-refractivity contribution is 4.92. The van der Waals surface area contributed by atoms with E-state index in [1.807, 2.05) is 0 Å². The summed E-state index contributed by atoms with van der Waals surface area (Å²) in [5.41, 5.74) is -0.0313. The summed E-state index contributed by atoms with van der Waals surface area (Å²) in [6.45, 7) is 8.89. The lowest BCUT2D eigenvalue weighted by atomic mass is 9.71. The maximum absolute atomic E-state index is 10.7. The fraction of sp³-hybridized carbons (Fsp3) is 1.00. The van der Waals surface area contributed by atoms with Gasteiger partial charge in [0.2, 0.25) is 0 Å². The molecule has 112 valence electrons. The van der Waals surface area contributed by atoms with Crippen LogP contribution in [0.1, 0.15) is 59.3 Å². The van der Waals surface area contributed by atoms with E-state index in [0.29, 0.717) is 17.5 Å². The fourth-order valence-corrected chi connectivity index (χ4v) is 3.38. The van der Waals surface area contributed by atoms with Crippen LogP contribution < -0.4 is 5.32 Å². The van der Waals surface area contributed by atoms with E-state index in [9.17, 15) is 5.11 Å². The molecule has 0 aromatic carbocycles. The van der Waals surface area contributed by atoms with E-state index >= 15 is 0 Å². The second-order valence-corrected chi connectivity index (χ2v) is 7.82. The number of nitrogens with one attached hydrogen (secondary N) is 1. The lowest BCUT2D eigenvalue weighted by molar-refractivity contribution is -0.0278. The number of likely N-dealkylation sites (tertiary alicyclic amines) is 1. The highest BCUT2D eigenvalue weighted by atomic mass is 16.3. The predicted molar refractivity (Wildman–Crippen MR) is 80.3 cm³/mol. The Bertz CT molecular complexity index is 293. The van der Waals surface area contributed by atoms with Gasteiger partial charge in [-0.05, 0) is 64.5 Å². The molecule has 0 radical (unpaired) electrons. The second kappa shape index (κ2) is 5.71. The van der Waals surface area contributed by atoms with Crippen LogP contribution in [-0.4, -0.2) is 47.8 Å². The van der Waals surface area contributed by atoms with E-state index in [4.69, 9.17) is 0 Å².